The van der Waals surface area contributed by atoms with Gasteiger partial charge in [0.25, 0.3) is 0 Å². The van der Waals surface area contributed by atoms with Gasteiger partial charge in [0.15, 0.2) is 0 Å². The number of nitrogens with one attached hydrogen (secondary N) is 2. The maximum absolute atomic E-state index is 13.6. The number of alkyl carbamates (subject to hydrolysis) is 1. The summed E-state index contributed by atoms with van der Waals surface area (Å²) < 4.78 is 13.2. The van der Waals surface area contributed by atoms with E-state index in [0.29, 0.717) is 89.0 Å². The number of hydrogen-bond acceptors (Lipinski definition) is 13. The number of carbonyl (C=O) groups is 7. The van der Waals surface area contributed by atoms with Gasteiger partial charge in [-0.1, -0.05) is 170 Å². The van der Waals surface area contributed by atoms with Gasteiger partial charge >= 0.3 is 12.2 Å². The summed E-state index contributed by atoms with van der Waals surface area (Å²) >= 11 is 16.3. The van der Waals surface area contributed by atoms with Crippen molar-refractivity contribution in [1.82, 2.24) is 40.0 Å². The van der Waals surface area contributed by atoms with Gasteiger partial charge in [0, 0.05) is 199 Å². The molecule has 7 aliphatic heterocycles. The zero-order valence-electron chi connectivity index (χ0n) is 62.4. The maximum Gasteiger partial charge on any atom is 0.410 e. The Bertz CT molecular complexity index is 3890. The number of ether oxygens (including phenoxy) is 2. The van der Waals surface area contributed by atoms with Crippen LogP contribution in [0.5, 0.6) is 0 Å². The second-order valence-corrected chi connectivity index (χ2v) is 32.1. The molecule has 0 unspecified atom stereocenters. The van der Waals surface area contributed by atoms with Crippen LogP contribution in [0, 0.1) is 0 Å². The van der Waals surface area contributed by atoms with E-state index in [1.807, 2.05) is 113 Å². The third-order valence-corrected chi connectivity index (χ3v) is 21.6. The van der Waals surface area contributed by atoms with Gasteiger partial charge in [0.2, 0.25) is 29.5 Å². The van der Waals surface area contributed by atoms with Gasteiger partial charge in [-0.2, -0.15) is 0 Å². The molecule has 0 saturated carbocycles. The van der Waals surface area contributed by atoms with Gasteiger partial charge in [0.05, 0.1) is 0 Å². The number of carbonyl (C=O) groups excluding carboxylic acids is 7. The number of rotatable bonds is 16. The molecule has 0 aromatic heterocycles. The topological polar surface area (TPSA) is 191 Å². The van der Waals surface area contributed by atoms with Crippen LogP contribution in [0.3, 0.4) is 0 Å². The summed E-state index contributed by atoms with van der Waals surface area (Å²) in [6, 6.07) is 47.7. The predicted octanol–water partition coefficient (Wildman–Crippen LogP) is 14.9. The first-order chi connectivity index (χ1) is 50.9. The number of amides is 7. The Morgan fingerprint density at radius 2 is 0.794 bits per heavy atom. The monoisotopic (exact) mass is 1680 g/mol. The van der Waals surface area contributed by atoms with Gasteiger partial charge in [-0.25, -0.2) is 9.59 Å². The average Bonchev–Trinajstić information content (AvgIpc) is 1.63. The smallest absolute Gasteiger partial charge is 0.410 e. The Morgan fingerprint density at radius 1 is 0.449 bits per heavy atom. The molecule has 107 heavy (non-hydrogen) atoms. The quantitative estimate of drug-likeness (QED) is 0.0871. The Balaban J connectivity index is 0.000000181. The van der Waals surface area contributed by atoms with Gasteiger partial charge < -0.3 is 64.2 Å². The van der Waals surface area contributed by atoms with Crippen LogP contribution in [-0.2, 0) is 71.4 Å². The second-order valence-electron chi connectivity index (χ2n) is 29.4. The summed E-state index contributed by atoms with van der Waals surface area (Å²) in [5.74, 6) is 0.895. The molecule has 0 bridgehead atoms. The highest BCUT2D eigenvalue weighted by molar-refractivity contribution is 9.11. The fourth-order valence-electron chi connectivity index (χ4n) is 13.7. The molecule has 7 amide bonds. The molecule has 1 atom stereocenters. The van der Waals surface area contributed by atoms with Gasteiger partial charge in [-0.15, -0.1) is 0 Å². The SMILES string of the molecule is BrCc1ccccc1Br.C.CC(C)(C)OC(=O)N1CCN(c2ccccc2CN2CCCC2=O)CC1.CC(C)(C)OC(=O)N[C@@H](Cc1ccc(Cl)cc1)C(=O)N1CCN(c2ccccc2CN2CCCC2=O)CC1.O=C1CCCN1Cc1ccccc1Br.O=C1CCCN1Cc1ccccc1N1CCNCC1. The first kappa shape index (κ1) is 84.9. The van der Waals surface area contributed by atoms with Crippen LogP contribution in [0.2, 0.25) is 5.02 Å². The molecule has 7 aliphatic rings. The Kier molecular flexibility index (Phi) is 33.1. The highest BCUT2D eigenvalue weighted by Gasteiger charge is 2.33. The molecular weight excluding hydrogens is 1570 g/mol. The minimum atomic E-state index is -0.758. The lowest BCUT2D eigenvalue weighted by Crippen LogP contribution is -2.56. The van der Waals surface area contributed by atoms with Crippen LogP contribution >= 0.6 is 59.4 Å². The van der Waals surface area contributed by atoms with E-state index >= 15 is 0 Å². The number of anilines is 3. The summed E-state index contributed by atoms with van der Waals surface area (Å²) in [5, 5.41) is 7.70. The minimum absolute atomic E-state index is 0. The van der Waals surface area contributed by atoms with Crippen LogP contribution in [0.15, 0.2) is 155 Å². The molecule has 7 fully saturated rings. The van der Waals surface area contributed by atoms with Gasteiger partial charge in [0.1, 0.15) is 17.2 Å². The first-order valence-electron chi connectivity index (χ1n) is 37.2. The standard InChI is InChI=1S/C29H37ClN4O4.C20H29N3O3.C15H21N3O.C11H12BrNO.C7H6Br2.CH4/c1-29(2,3)38-28(37)31-24(19-21-10-12-23(30)13-11-21)27(36)33-17-15-32(16-18-33)25-8-5-4-7-22(25)20-34-14-6-9-26(34)35;1-20(2,3)26-19(25)22-13-11-21(12-14-22)17-8-5-4-7-16(17)15-23-10-6-9-18(23)24;19-15-6-3-9-18(15)12-13-4-1-2-5-14(13)17-10-7-16-8-11-17;12-10-5-2-1-4-9(10)8-13-7-3-6-11(13)14;8-5-6-3-1-2-4-7(6)9;/h4-5,7-8,10-13,24H,6,9,14-20H2,1-3H3,(H,31,37);4-5,7-8H,6,9-15H2,1-3H3;1-2,4-5,16H,3,6-12H2;1-2,4-5H,3,6-8H2;1-4H,5H2;1H4/t24-;;;;;/m0...../s1. The van der Waals surface area contributed by atoms with Crippen LogP contribution in [0.1, 0.15) is 134 Å². The summed E-state index contributed by atoms with van der Waals surface area (Å²) in [7, 11) is 0. The number of halogens is 4. The molecule has 0 aliphatic carbocycles. The van der Waals surface area contributed by atoms with Crippen LogP contribution in [-0.4, -0.2) is 193 Å². The predicted molar refractivity (Wildman–Crippen MR) is 438 cm³/mol. The molecule has 2 N–H and O–H groups in total. The molecule has 0 radical (unpaired) electrons. The molecule has 6 aromatic carbocycles. The Labute approximate surface area is 664 Å². The third kappa shape index (κ3) is 26.5. The lowest BCUT2D eigenvalue weighted by atomic mass is 10.0. The summed E-state index contributed by atoms with van der Waals surface area (Å²) in [6.45, 7) is 26.7. The number of para-hydroxylation sites is 3. The van der Waals surface area contributed by atoms with E-state index in [4.69, 9.17) is 21.1 Å². The van der Waals surface area contributed by atoms with E-state index in [1.54, 1.807) is 42.7 Å². The number of alkyl halides is 1. The van der Waals surface area contributed by atoms with Crippen molar-refractivity contribution >= 4 is 118 Å². The molecule has 7 heterocycles. The van der Waals surface area contributed by atoms with Crippen molar-refractivity contribution < 1.29 is 43.0 Å². The first-order valence-corrected chi connectivity index (χ1v) is 40.3. The highest BCUT2D eigenvalue weighted by atomic mass is 79.9. The third-order valence-electron chi connectivity index (χ3n) is 19.2. The second kappa shape index (κ2) is 41.8. The van der Waals surface area contributed by atoms with Crippen molar-refractivity contribution in [2.24, 2.45) is 0 Å². The summed E-state index contributed by atoms with van der Waals surface area (Å²) in [5.41, 5.74) is 9.36. The maximum atomic E-state index is 13.6. The van der Waals surface area contributed by atoms with Gasteiger partial charge in [-0.3, -0.25) is 24.0 Å². The average molecular weight is 1680 g/mol. The molecule has 24 heteroatoms. The van der Waals surface area contributed by atoms with Crippen LogP contribution < -0.4 is 25.3 Å². The summed E-state index contributed by atoms with van der Waals surface area (Å²) in [4.78, 5) is 104. The molecule has 7 saturated heterocycles. The fourth-order valence-corrected chi connectivity index (χ4v) is 15.5. The normalized spacial score (nSPS) is 17.0. The van der Waals surface area contributed by atoms with Crippen molar-refractivity contribution in [2.45, 2.75) is 156 Å². The van der Waals surface area contributed by atoms with Gasteiger partial charge in [-0.05, 0) is 143 Å². The van der Waals surface area contributed by atoms with E-state index in [1.165, 1.54) is 32.4 Å². The van der Waals surface area contributed by atoms with E-state index in [9.17, 15) is 33.6 Å². The number of nitrogens with zero attached hydrogens (tertiary/aromatic N) is 9. The lowest BCUT2D eigenvalue weighted by molar-refractivity contribution is -0.134. The number of likely N-dealkylation sites (tertiary alicyclic amines) is 4. The molecule has 13 rings (SSSR count). The zero-order chi connectivity index (χ0) is 75.8. The molecular formula is C83H109Br3ClN11O9. The lowest BCUT2D eigenvalue weighted by Gasteiger charge is -2.38. The van der Waals surface area contributed by atoms with E-state index in [0.717, 1.165) is 143 Å². The van der Waals surface area contributed by atoms with E-state index in [2.05, 4.69) is 134 Å². The fraction of sp³-hybridized carbons (Fsp3) is 0.482. The van der Waals surface area contributed by atoms with Crippen molar-refractivity contribution in [3.05, 3.63) is 193 Å². The molecule has 578 valence electrons. The molecule has 20 nitrogen and oxygen atoms in total. The Morgan fingerprint density at radius 3 is 1.15 bits per heavy atom. The minimum Gasteiger partial charge on any atom is -0.444 e. The number of piperazine rings is 3. The number of benzene rings is 6. The van der Waals surface area contributed by atoms with Crippen LogP contribution in [0.4, 0.5) is 26.7 Å². The highest BCUT2D eigenvalue weighted by Crippen LogP contribution is 2.30. The zero-order valence-corrected chi connectivity index (χ0v) is 67.9. The van der Waals surface area contributed by atoms with E-state index < -0.39 is 23.3 Å². The largest absolute Gasteiger partial charge is 0.444 e. The van der Waals surface area contributed by atoms with Crippen molar-refractivity contribution in [3.8, 4) is 0 Å². The summed E-state index contributed by atoms with van der Waals surface area (Å²) in [6.07, 6.45) is 6.07. The Hall–Kier alpha value is -7.70. The van der Waals surface area contributed by atoms with E-state index in [-0.39, 0.29) is 37.1 Å². The van der Waals surface area contributed by atoms with Crippen LogP contribution in [0.25, 0.3) is 0 Å². The van der Waals surface area contributed by atoms with Crippen molar-refractivity contribution in [1.29, 1.82) is 0 Å². The number of hydrogen-bond donors (Lipinski definition) is 2. The van der Waals surface area contributed by atoms with Crippen molar-refractivity contribution in [2.75, 3.05) is 119 Å². The molecule has 6 aromatic rings. The molecule has 0 spiro atoms. The van der Waals surface area contributed by atoms with Crippen molar-refractivity contribution in [3.63, 3.8) is 0 Å².